The molecule has 3 aliphatic carbocycles. The van der Waals surface area contributed by atoms with Crippen molar-refractivity contribution in [3.8, 4) is 0 Å². The summed E-state index contributed by atoms with van der Waals surface area (Å²) in [6, 6.07) is 20.3. The third-order valence-corrected chi connectivity index (χ3v) is 7.40. The van der Waals surface area contributed by atoms with Gasteiger partial charge in [0.2, 0.25) is 0 Å². The Morgan fingerprint density at radius 2 is 0.867 bits per heavy atom. The summed E-state index contributed by atoms with van der Waals surface area (Å²) in [5, 5.41) is 0. The molecule has 0 atom stereocenters. The highest BCUT2D eigenvalue weighted by Gasteiger charge is 2.93. The fourth-order valence-electron chi connectivity index (χ4n) is 5.68. The van der Waals surface area contributed by atoms with E-state index in [1.165, 1.54) is 0 Å². The third-order valence-electron chi connectivity index (χ3n) is 6.87. The van der Waals surface area contributed by atoms with Crippen LogP contribution >= 0.6 is 15.9 Å². The highest BCUT2D eigenvalue weighted by Crippen LogP contribution is 2.81. The first kappa shape index (κ1) is 17.7. The molecule has 3 aromatic rings. The van der Waals surface area contributed by atoms with Gasteiger partial charge in [-0.05, 0) is 17.7 Å². The van der Waals surface area contributed by atoms with E-state index in [0.717, 1.165) is 4.47 Å². The number of rotatable bonds is 1. The Kier molecular flexibility index (Phi) is 3.23. The van der Waals surface area contributed by atoms with Crippen molar-refractivity contribution in [1.29, 1.82) is 0 Å². The quantitative estimate of drug-likeness (QED) is 0.498. The lowest BCUT2D eigenvalue weighted by Gasteiger charge is -2.11. The first-order chi connectivity index (χ1) is 14.5. The summed E-state index contributed by atoms with van der Waals surface area (Å²) in [6.45, 7) is 0. The average molecular weight is 457 g/mol. The number of carbonyl (C=O) groups is 4. The summed E-state index contributed by atoms with van der Waals surface area (Å²) in [5.74, 6) is -2.52. The summed E-state index contributed by atoms with van der Waals surface area (Å²) in [6.07, 6.45) is 0. The van der Waals surface area contributed by atoms with E-state index in [9.17, 15) is 19.2 Å². The Hall–Kier alpha value is -3.18. The second kappa shape index (κ2) is 5.49. The second-order valence-corrected chi connectivity index (χ2v) is 8.92. The summed E-state index contributed by atoms with van der Waals surface area (Å²) in [4.78, 5) is 54.8. The first-order valence-electron chi connectivity index (χ1n) is 9.60. The lowest BCUT2D eigenvalue weighted by molar-refractivity contribution is 0.0663. The third kappa shape index (κ3) is 1.67. The molecule has 3 aliphatic rings. The summed E-state index contributed by atoms with van der Waals surface area (Å²) >= 11 is 3.39. The molecule has 0 N–H and O–H groups in total. The van der Waals surface area contributed by atoms with Crippen LogP contribution in [0.4, 0.5) is 0 Å². The maximum absolute atomic E-state index is 13.7. The topological polar surface area (TPSA) is 68.3 Å². The normalized spacial score (nSPS) is 20.2. The summed E-state index contributed by atoms with van der Waals surface area (Å²) in [7, 11) is 0. The van der Waals surface area contributed by atoms with Crippen molar-refractivity contribution in [3.63, 3.8) is 0 Å². The van der Waals surface area contributed by atoms with E-state index < -0.39 is 39.9 Å². The minimum atomic E-state index is -1.71. The minimum Gasteiger partial charge on any atom is -0.293 e. The highest BCUT2D eigenvalue weighted by atomic mass is 79.9. The zero-order valence-electron chi connectivity index (χ0n) is 15.5. The van der Waals surface area contributed by atoms with Gasteiger partial charge in [0.25, 0.3) is 0 Å². The Labute approximate surface area is 180 Å². The van der Waals surface area contributed by atoms with Crippen LogP contribution in [0.5, 0.6) is 0 Å². The summed E-state index contributed by atoms with van der Waals surface area (Å²) < 4.78 is 0.828. The van der Waals surface area contributed by atoms with E-state index in [4.69, 9.17) is 0 Å². The van der Waals surface area contributed by atoms with Crippen molar-refractivity contribution in [2.75, 3.05) is 0 Å². The molecule has 0 aliphatic heterocycles. The van der Waals surface area contributed by atoms with Crippen molar-refractivity contribution < 1.29 is 19.2 Å². The molecule has 0 amide bonds. The van der Waals surface area contributed by atoms with Crippen LogP contribution in [0.3, 0.4) is 0 Å². The number of halogens is 1. The maximum atomic E-state index is 13.7. The second-order valence-electron chi connectivity index (χ2n) is 8.01. The zero-order valence-corrected chi connectivity index (χ0v) is 17.1. The molecular weight excluding hydrogens is 444 g/mol. The molecule has 144 valence electrons. The molecule has 5 heteroatoms. The molecule has 0 radical (unpaired) electrons. The number of Topliss-reactive ketones (excluding diaryl/α,β-unsaturated/α-hetero) is 4. The van der Waals surface area contributed by atoms with Gasteiger partial charge in [-0.15, -0.1) is 0 Å². The fraction of sp³-hybridized carbons (Fsp3) is 0.120. The van der Waals surface area contributed by atoms with Crippen molar-refractivity contribution in [2.45, 2.75) is 5.92 Å². The number of carbonyl (C=O) groups excluding carboxylic acids is 4. The monoisotopic (exact) mass is 456 g/mol. The molecule has 0 heterocycles. The van der Waals surface area contributed by atoms with Gasteiger partial charge < -0.3 is 0 Å². The van der Waals surface area contributed by atoms with E-state index in [-0.39, 0.29) is 22.3 Å². The van der Waals surface area contributed by atoms with Gasteiger partial charge >= 0.3 is 0 Å². The van der Waals surface area contributed by atoms with Crippen LogP contribution in [0.25, 0.3) is 0 Å². The van der Waals surface area contributed by atoms with Crippen molar-refractivity contribution in [3.05, 3.63) is 105 Å². The molecule has 4 nitrogen and oxygen atoms in total. The molecule has 0 aromatic heterocycles. The lowest BCUT2D eigenvalue weighted by Crippen LogP contribution is -2.32. The first-order valence-corrected chi connectivity index (χ1v) is 10.4. The molecule has 0 saturated heterocycles. The van der Waals surface area contributed by atoms with Crippen LogP contribution in [0, 0.1) is 10.8 Å². The van der Waals surface area contributed by atoms with Gasteiger partial charge in [-0.2, -0.15) is 0 Å². The Morgan fingerprint density at radius 1 is 0.533 bits per heavy atom. The van der Waals surface area contributed by atoms with Crippen molar-refractivity contribution >= 4 is 39.1 Å². The molecule has 0 bridgehead atoms. The van der Waals surface area contributed by atoms with Gasteiger partial charge in [-0.25, -0.2) is 0 Å². The number of fused-ring (bicyclic) bond motifs is 3. The van der Waals surface area contributed by atoms with Gasteiger partial charge in [0.05, 0.1) is 0 Å². The van der Waals surface area contributed by atoms with Crippen LogP contribution in [-0.4, -0.2) is 23.1 Å². The zero-order chi connectivity index (χ0) is 20.8. The number of hydrogen-bond acceptors (Lipinski definition) is 4. The standard InChI is InChI=1S/C25H13BrO4/c26-14-11-9-13(10-12-14)19-24(20(27)15-5-1-2-6-16(15)21(24)28)25(19)22(29)17-7-3-4-8-18(17)23(25)30/h1-12,19H. The van der Waals surface area contributed by atoms with Gasteiger partial charge in [-0.3, -0.25) is 19.2 Å². The predicted octanol–water partition coefficient (Wildman–Crippen LogP) is 4.68. The van der Waals surface area contributed by atoms with Crippen molar-refractivity contribution in [1.82, 2.24) is 0 Å². The molecule has 6 rings (SSSR count). The van der Waals surface area contributed by atoms with Crippen LogP contribution < -0.4 is 0 Å². The van der Waals surface area contributed by atoms with Crippen LogP contribution in [0.1, 0.15) is 52.9 Å². The highest BCUT2D eigenvalue weighted by molar-refractivity contribution is 9.10. The van der Waals surface area contributed by atoms with E-state index in [1.54, 1.807) is 72.8 Å². The number of hydrogen-bond donors (Lipinski definition) is 0. The number of benzene rings is 3. The van der Waals surface area contributed by atoms with E-state index >= 15 is 0 Å². The maximum Gasteiger partial charge on any atom is 0.179 e. The average Bonchev–Trinajstić information content (AvgIpc) is 3.29. The number of ketones is 4. The van der Waals surface area contributed by atoms with Crippen LogP contribution in [-0.2, 0) is 0 Å². The van der Waals surface area contributed by atoms with Gasteiger partial charge in [0.1, 0.15) is 10.8 Å². The molecule has 1 fully saturated rings. The Morgan fingerprint density at radius 3 is 1.20 bits per heavy atom. The van der Waals surface area contributed by atoms with E-state index in [2.05, 4.69) is 15.9 Å². The Balaban J connectivity index is 1.66. The van der Waals surface area contributed by atoms with Gasteiger partial charge in [0.15, 0.2) is 23.1 Å². The largest absolute Gasteiger partial charge is 0.293 e. The van der Waals surface area contributed by atoms with Crippen molar-refractivity contribution in [2.24, 2.45) is 10.8 Å². The predicted molar refractivity (Wildman–Crippen MR) is 112 cm³/mol. The Bertz CT molecular complexity index is 1180. The molecule has 0 unspecified atom stereocenters. The van der Waals surface area contributed by atoms with E-state index in [1.807, 2.05) is 0 Å². The SMILES string of the molecule is O=C1c2ccccc2C(=O)C12C(c1ccc(Br)cc1)C21C(=O)c2ccccc2C1=O. The molecule has 30 heavy (non-hydrogen) atoms. The molecule has 3 aromatic carbocycles. The van der Waals surface area contributed by atoms with Gasteiger partial charge in [-0.1, -0.05) is 76.6 Å². The lowest BCUT2D eigenvalue weighted by atomic mass is 9.84. The smallest absolute Gasteiger partial charge is 0.179 e. The molecular formula is C25H13BrO4. The molecule has 1 saturated carbocycles. The van der Waals surface area contributed by atoms with E-state index in [0.29, 0.717) is 5.56 Å². The van der Waals surface area contributed by atoms with Crippen LogP contribution in [0.2, 0.25) is 0 Å². The fourth-order valence-corrected chi connectivity index (χ4v) is 5.95. The van der Waals surface area contributed by atoms with Crippen LogP contribution in [0.15, 0.2) is 77.3 Å². The molecule has 2 spiro atoms. The minimum absolute atomic E-state index is 0.290. The van der Waals surface area contributed by atoms with Gasteiger partial charge in [0, 0.05) is 32.6 Å². The summed E-state index contributed by atoms with van der Waals surface area (Å²) in [5.41, 5.74) is -1.62.